The molecule has 0 radical (unpaired) electrons. The van der Waals surface area contributed by atoms with Gasteiger partial charge < -0.3 is 10.4 Å². The smallest absolute Gasteiger partial charge is 0.247 e. The van der Waals surface area contributed by atoms with E-state index in [4.69, 9.17) is 23.2 Å². The van der Waals surface area contributed by atoms with Gasteiger partial charge in [0.15, 0.2) is 23.3 Å². The number of halogens is 5. The number of aromatic nitrogens is 4. The van der Waals surface area contributed by atoms with Gasteiger partial charge in [-0.05, 0) is 30.7 Å². The molecule has 2 N–H and O–H groups in total. The number of aliphatic hydroxyl groups excluding tert-OH is 1. The van der Waals surface area contributed by atoms with E-state index >= 15 is 0 Å². The van der Waals surface area contributed by atoms with Crippen LogP contribution in [0, 0.1) is 17.5 Å². The standard InChI is InChI=1S/C17H14Cl2F3N5O/c1-2-9(28)7-27-16(8-5-12(18)24-13(19)6-8)25-17(26-27)23-11-4-3-10(20)14(21)15(11)22/h3-6,9,28H,2,7H2,1H3,(H,23,26). The Bertz CT molecular complexity index is 994. The van der Waals surface area contributed by atoms with Gasteiger partial charge in [0, 0.05) is 5.56 Å². The lowest BCUT2D eigenvalue weighted by molar-refractivity contribution is 0.146. The highest BCUT2D eigenvalue weighted by molar-refractivity contribution is 6.32. The summed E-state index contributed by atoms with van der Waals surface area (Å²) in [5.41, 5.74) is 0.115. The zero-order valence-corrected chi connectivity index (χ0v) is 15.9. The van der Waals surface area contributed by atoms with Crippen molar-refractivity contribution < 1.29 is 18.3 Å². The normalized spacial score (nSPS) is 12.2. The fraction of sp³-hybridized carbons (Fsp3) is 0.235. The number of nitrogens with zero attached hydrogens (tertiary/aromatic N) is 4. The summed E-state index contributed by atoms with van der Waals surface area (Å²) in [4.78, 5) is 8.09. The van der Waals surface area contributed by atoms with Crippen LogP contribution in [0.25, 0.3) is 11.4 Å². The molecule has 0 spiro atoms. The van der Waals surface area contributed by atoms with Gasteiger partial charge in [-0.2, -0.15) is 4.98 Å². The van der Waals surface area contributed by atoms with Crippen LogP contribution in [-0.4, -0.2) is 31.0 Å². The van der Waals surface area contributed by atoms with Crippen molar-refractivity contribution in [3.63, 3.8) is 0 Å². The molecule has 0 fully saturated rings. The second-order valence-corrected chi connectivity index (χ2v) is 6.63. The predicted octanol–water partition coefficient (Wildman–Crippen LogP) is 4.58. The van der Waals surface area contributed by atoms with Crippen molar-refractivity contribution in [3.05, 3.63) is 52.0 Å². The maximum absolute atomic E-state index is 13.9. The van der Waals surface area contributed by atoms with Crippen LogP contribution in [0.3, 0.4) is 0 Å². The Morgan fingerprint density at radius 2 is 1.79 bits per heavy atom. The largest absolute Gasteiger partial charge is 0.391 e. The molecule has 1 atom stereocenters. The molecule has 3 rings (SSSR count). The van der Waals surface area contributed by atoms with Crippen molar-refractivity contribution in [2.24, 2.45) is 0 Å². The van der Waals surface area contributed by atoms with Gasteiger partial charge in [0.1, 0.15) is 10.3 Å². The summed E-state index contributed by atoms with van der Waals surface area (Å²) in [5.74, 6) is -4.15. The highest BCUT2D eigenvalue weighted by atomic mass is 35.5. The van der Waals surface area contributed by atoms with E-state index < -0.39 is 23.6 Å². The Balaban J connectivity index is 2.02. The first-order valence-electron chi connectivity index (χ1n) is 8.15. The molecule has 0 aliphatic rings. The SMILES string of the molecule is CCC(O)Cn1nc(Nc2ccc(F)c(F)c2F)nc1-c1cc(Cl)nc(Cl)c1. The minimum Gasteiger partial charge on any atom is -0.391 e. The number of rotatable bonds is 6. The van der Waals surface area contributed by atoms with Gasteiger partial charge >= 0.3 is 0 Å². The van der Waals surface area contributed by atoms with E-state index in [9.17, 15) is 18.3 Å². The van der Waals surface area contributed by atoms with Crippen molar-refractivity contribution >= 4 is 34.8 Å². The molecule has 1 unspecified atom stereocenters. The number of anilines is 2. The summed E-state index contributed by atoms with van der Waals surface area (Å²) < 4.78 is 41.9. The third kappa shape index (κ3) is 4.37. The number of hydrogen-bond acceptors (Lipinski definition) is 5. The van der Waals surface area contributed by atoms with E-state index in [0.717, 1.165) is 12.1 Å². The molecular weight excluding hydrogens is 418 g/mol. The van der Waals surface area contributed by atoms with Crippen LogP contribution >= 0.6 is 23.2 Å². The van der Waals surface area contributed by atoms with Gasteiger partial charge in [0.2, 0.25) is 5.95 Å². The van der Waals surface area contributed by atoms with Crippen molar-refractivity contribution in [2.75, 3.05) is 5.32 Å². The average molecular weight is 432 g/mol. The van der Waals surface area contributed by atoms with Crippen LogP contribution in [0.1, 0.15) is 13.3 Å². The molecule has 2 heterocycles. The van der Waals surface area contributed by atoms with Crippen LogP contribution in [0.2, 0.25) is 10.3 Å². The van der Waals surface area contributed by atoms with E-state index in [2.05, 4.69) is 20.4 Å². The minimum atomic E-state index is -1.61. The highest BCUT2D eigenvalue weighted by Gasteiger charge is 2.19. The number of benzene rings is 1. The molecule has 3 aromatic rings. The van der Waals surface area contributed by atoms with Gasteiger partial charge in [-0.15, -0.1) is 5.10 Å². The zero-order valence-electron chi connectivity index (χ0n) is 14.4. The van der Waals surface area contributed by atoms with Gasteiger partial charge in [0.25, 0.3) is 0 Å². The Labute approximate surface area is 167 Å². The van der Waals surface area contributed by atoms with E-state index in [-0.39, 0.29) is 34.3 Å². The first-order valence-corrected chi connectivity index (χ1v) is 8.91. The maximum Gasteiger partial charge on any atom is 0.247 e. The molecule has 6 nitrogen and oxygen atoms in total. The molecule has 0 aliphatic carbocycles. The molecule has 0 saturated heterocycles. The molecular formula is C17H14Cl2F3N5O. The summed E-state index contributed by atoms with van der Waals surface area (Å²) in [6.45, 7) is 1.87. The summed E-state index contributed by atoms with van der Waals surface area (Å²) in [6, 6.07) is 4.79. The zero-order chi connectivity index (χ0) is 20.4. The first kappa shape index (κ1) is 20.4. The molecule has 2 aromatic heterocycles. The van der Waals surface area contributed by atoms with E-state index in [1.54, 1.807) is 6.92 Å². The molecule has 0 amide bonds. The van der Waals surface area contributed by atoms with E-state index in [0.29, 0.717) is 12.0 Å². The third-order valence-electron chi connectivity index (χ3n) is 3.83. The Hall–Kier alpha value is -2.36. The number of aliphatic hydroxyl groups is 1. The molecule has 1 aromatic carbocycles. The lowest BCUT2D eigenvalue weighted by Gasteiger charge is -2.10. The molecule has 0 aliphatic heterocycles. The van der Waals surface area contributed by atoms with Crippen molar-refractivity contribution in [2.45, 2.75) is 26.0 Å². The lowest BCUT2D eigenvalue weighted by Crippen LogP contribution is -2.16. The van der Waals surface area contributed by atoms with Crippen LogP contribution < -0.4 is 5.32 Å². The molecule has 11 heteroatoms. The Morgan fingerprint density at radius 3 is 2.43 bits per heavy atom. The predicted molar refractivity (Wildman–Crippen MR) is 99.2 cm³/mol. The van der Waals surface area contributed by atoms with Crippen LogP contribution in [-0.2, 0) is 6.54 Å². The molecule has 0 saturated carbocycles. The second-order valence-electron chi connectivity index (χ2n) is 5.85. The molecule has 0 bridgehead atoms. The van der Waals surface area contributed by atoms with Gasteiger partial charge in [0.05, 0.1) is 18.3 Å². The average Bonchev–Trinajstić information content (AvgIpc) is 3.03. The molecule has 148 valence electrons. The summed E-state index contributed by atoms with van der Waals surface area (Å²) in [5, 5.41) is 16.9. The first-order chi connectivity index (χ1) is 13.3. The van der Waals surface area contributed by atoms with Crippen LogP contribution in [0.15, 0.2) is 24.3 Å². The highest BCUT2D eigenvalue weighted by Crippen LogP contribution is 2.27. The van der Waals surface area contributed by atoms with Gasteiger partial charge in [-0.25, -0.2) is 22.8 Å². The van der Waals surface area contributed by atoms with Crippen LogP contribution in [0.4, 0.5) is 24.8 Å². The van der Waals surface area contributed by atoms with Crippen molar-refractivity contribution in [3.8, 4) is 11.4 Å². The fourth-order valence-electron chi connectivity index (χ4n) is 2.40. The fourth-order valence-corrected chi connectivity index (χ4v) is 2.86. The minimum absolute atomic E-state index is 0.0817. The number of pyridine rings is 1. The Morgan fingerprint density at radius 1 is 1.11 bits per heavy atom. The number of nitrogens with one attached hydrogen (secondary N) is 1. The Kier molecular flexibility index (Phi) is 6.07. The monoisotopic (exact) mass is 431 g/mol. The van der Waals surface area contributed by atoms with E-state index in [1.165, 1.54) is 16.8 Å². The third-order valence-corrected chi connectivity index (χ3v) is 4.22. The summed E-state index contributed by atoms with van der Waals surface area (Å²) in [6.07, 6.45) is -0.265. The summed E-state index contributed by atoms with van der Waals surface area (Å²) in [7, 11) is 0. The van der Waals surface area contributed by atoms with Crippen molar-refractivity contribution in [1.29, 1.82) is 0 Å². The van der Waals surface area contributed by atoms with E-state index in [1.807, 2.05) is 0 Å². The number of hydrogen-bond donors (Lipinski definition) is 2. The second kappa shape index (κ2) is 8.34. The maximum atomic E-state index is 13.9. The van der Waals surface area contributed by atoms with Crippen LogP contribution in [0.5, 0.6) is 0 Å². The van der Waals surface area contributed by atoms with Crippen molar-refractivity contribution in [1.82, 2.24) is 19.7 Å². The topological polar surface area (TPSA) is 75.9 Å². The van der Waals surface area contributed by atoms with Gasteiger partial charge in [-0.3, -0.25) is 0 Å². The van der Waals surface area contributed by atoms with Gasteiger partial charge in [-0.1, -0.05) is 30.1 Å². The quantitative estimate of drug-likeness (QED) is 0.441. The lowest BCUT2D eigenvalue weighted by atomic mass is 10.2. The molecule has 28 heavy (non-hydrogen) atoms. The summed E-state index contributed by atoms with van der Waals surface area (Å²) >= 11 is 11.9.